The van der Waals surface area contributed by atoms with Gasteiger partial charge in [0.05, 0.1) is 17.8 Å². The average molecular weight is 276 g/mol. The molecule has 20 heavy (non-hydrogen) atoms. The molecule has 0 aromatic heterocycles. The minimum Gasteiger partial charge on any atom is -0.491 e. The third kappa shape index (κ3) is 2.97. The second kappa shape index (κ2) is 5.47. The monoisotopic (exact) mass is 276 g/mol. The summed E-state index contributed by atoms with van der Waals surface area (Å²) in [6.45, 7) is 0.982. The molecule has 0 saturated carbocycles. The van der Waals surface area contributed by atoms with Gasteiger partial charge in [0.2, 0.25) is 5.96 Å². The Morgan fingerprint density at radius 2 is 2.10 bits per heavy atom. The van der Waals surface area contributed by atoms with Gasteiger partial charge in [-0.25, -0.2) is 4.99 Å². The summed E-state index contributed by atoms with van der Waals surface area (Å²) in [4.78, 5) is 21.4. The Bertz CT molecular complexity index is 592. The highest BCUT2D eigenvalue weighted by molar-refractivity contribution is 5.98. The number of carbonyl (C=O) groups is 1. The van der Waals surface area contributed by atoms with Crippen LogP contribution in [-0.4, -0.2) is 42.9 Å². The van der Waals surface area contributed by atoms with E-state index in [9.17, 15) is 4.79 Å². The Morgan fingerprint density at radius 3 is 2.80 bits per heavy atom. The first-order valence-electron chi connectivity index (χ1n) is 5.93. The summed E-state index contributed by atoms with van der Waals surface area (Å²) < 4.78 is 5.50. The second-order valence-electron chi connectivity index (χ2n) is 4.26. The molecular formula is C12H16N6O2. The molecule has 0 saturated heterocycles. The topological polar surface area (TPSA) is 132 Å². The molecule has 1 amide bonds. The number of guanidine groups is 2. The first-order chi connectivity index (χ1) is 9.47. The van der Waals surface area contributed by atoms with E-state index in [1.54, 1.807) is 30.1 Å². The zero-order chi connectivity index (χ0) is 14.7. The van der Waals surface area contributed by atoms with Crippen molar-refractivity contribution in [3.8, 4) is 5.75 Å². The van der Waals surface area contributed by atoms with Gasteiger partial charge in [-0.2, -0.15) is 4.99 Å². The summed E-state index contributed by atoms with van der Waals surface area (Å²) in [7, 11) is 1.71. The zero-order valence-corrected chi connectivity index (χ0v) is 11.0. The van der Waals surface area contributed by atoms with Crippen LogP contribution in [0.5, 0.6) is 5.75 Å². The van der Waals surface area contributed by atoms with Crippen LogP contribution in [0, 0.1) is 0 Å². The molecule has 1 aromatic rings. The first kappa shape index (κ1) is 13.7. The third-order valence-corrected chi connectivity index (χ3v) is 2.71. The fourth-order valence-corrected chi connectivity index (χ4v) is 1.77. The number of likely N-dealkylation sites (N-methyl/N-ethyl adjacent to an activating group) is 1. The van der Waals surface area contributed by atoms with Gasteiger partial charge in [0.25, 0.3) is 5.91 Å². The van der Waals surface area contributed by atoms with Gasteiger partial charge in [0, 0.05) is 7.05 Å². The minimum absolute atomic E-state index is 0.0831. The van der Waals surface area contributed by atoms with E-state index < -0.39 is 0 Å². The summed E-state index contributed by atoms with van der Waals surface area (Å²) in [6, 6.07) is 4.94. The predicted octanol–water partition coefficient (Wildman–Crippen LogP) is -0.629. The molecule has 1 aromatic carbocycles. The highest BCUT2D eigenvalue weighted by Gasteiger charge is 2.21. The number of aliphatic imine (C=N–C) groups is 2. The van der Waals surface area contributed by atoms with Crippen LogP contribution in [0.4, 0.5) is 5.69 Å². The number of amides is 1. The number of fused-ring (bicyclic) bond motifs is 1. The van der Waals surface area contributed by atoms with Crippen molar-refractivity contribution in [2.75, 3.05) is 20.2 Å². The number of ether oxygens (including phenoxy) is 1. The molecule has 1 heterocycles. The second-order valence-corrected chi connectivity index (χ2v) is 4.26. The van der Waals surface area contributed by atoms with Crippen molar-refractivity contribution in [3.05, 3.63) is 23.8 Å². The molecule has 1 aliphatic rings. The Hall–Kier alpha value is -2.77. The molecule has 8 nitrogen and oxygen atoms in total. The SMILES string of the molecule is CN1CCOc2ccc(N=C(N)N=C(N)N)cc2C1=O. The molecule has 2 rings (SSSR count). The average Bonchev–Trinajstić information content (AvgIpc) is 2.50. The van der Waals surface area contributed by atoms with Gasteiger partial charge < -0.3 is 26.8 Å². The molecule has 0 radical (unpaired) electrons. The van der Waals surface area contributed by atoms with Crippen LogP contribution in [0.25, 0.3) is 0 Å². The zero-order valence-electron chi connectivity index (χ0n) is 11.0. The van der Waals surface area contributed by atoms with Crippen LogP contribution in [0.1, 0.15) is 10.4 Å². The van der Waals surface area contributed by atoms with Crippen molar-refractivity contribution in [2.24, 2.45) is 27.2 Å². The number of nitrogens with two attached hydrogens (primary N) is 3. The summed E-state index contributed by atoms with van der Waals surface area (Å²) in [5.74, 6) is 0.133. The van der Waals surface area contributed by atoms with Gasteiger partial charge in [-0.1, -0.05) is 0 Å². The van der Waals surface area contributed by atoms with Gasteiger partial charge >= 0.3 is 0 Å². The lowest BCUT2D eigenvalue weighted by atomic mass is 10.1. The number of rotatable bonds is 1. The van der Waals surface area contributed by atoms with Crippen molar-refractivity contribution in [2.45, 2.75) is 0 Å². The predicted molar refractivity (Wildman–Crippen MR) is 76.0 cm³/mol. The number of carbonyl (C=O) groups excluding carboxylic acids is 1. The van der Waals surface area contributed by atoms with Gasteiger partial charge in [-0.05, 0) is 18.2 Å². The maximum absolute atomic E-state index is 12.2. The highest BCUT2D eigenvalue weighted by atomic mass is 16.5. The molecule has 0 bridgehead atoms. The van der Waals surface area contributed by atoms with Crippen molar-refractivity contribution >= 4 is 23.5 Å². The van der Waals surface area contributed by atoms with Gasteiger partial charge in [0.15, 0.2) is 5.96 Å². The van der Waals surface area contributed by atoms with Crippen LogP contribution in [0.3, 0.4) is 0 Å². The Labute approximate surface area is 115 Å². The van der Waals surface area contributed by atoms with E-state index >= 15 is 0 Å². The van der Waals surface area contributed by atoms with E-state index in [0.29, 0.717) is 30.2 Å². The van der Waals surface area contributed by atoms with Gasteiger partial charge in [-0.3, -0.25) is 4.79 Å². The van der Waals surface area contributed by atoms with Gasteiger partial charge in [0.1, 0.15) is 12.4 Å². The molecule has 6 N–H and O–H groups in total. The standard InChI is InChI=1S/C12H16N6O2/c1-18-4-5-20-9-3-2-7(6-8(9)10(18)19)16-12(15)17-11(13)14/h2-3,6H,4-5H2,1H3,(H6,13,14,15,16,17). The molecule has 0 atom stereocenters. The van der Waals surface area contributed by atoms with E-state index in [0.717, 1.165) is 0 Å². The lowest BCUT2D eigenvalue weighted by Crippen LogP contribution is -2.27. The third-order valence-electron chi connectivity index (χ3n) is 2.71. The van der Waals surface area contributed by atoms with E-state index in [-0.39, 0.29) is 17.8 Å². The number of hydrogen-bond acceptors (Lipinski definition) is 3. The fourth-order valence-electron chi connectivity index (χ4n) is 1.77. The molecule has 0 fully saturated rings. The van der Waals surface area contributed by atoms with Crippen LogP contribution < -0.4 is 21.9 Å². The van der Waals surface area contributed by atoms with Crippen molar-refractivity contribution in [1.29, 1.82) is 0 Å². The molecule has 106 valence electrons. The van der Waals surface area contributed by atoms with Crippen molar-refractivity contribution in [3.63, 3.8) is 0 Å². The number of nitrogens with zero attached hydrogens (tertiary/aromatic N) is 3. The smallest absolute Gasteiger partial charge is 0.257 e. The Morgan fingerprint density at radius 1 is 1.35 bits per heavy atom. The largest absolute Gasteiger partial charge is 0.491 e. The number of hydrogen-bond donors (Lipinski definition) is 3. The van der Waals surface area contributed by atoms with E-state index in [1.807, 2.05) is 0 Å². The van der Waals surface area contributed by atoms with Crippen LogP contribution in [0.2, 0.25) is 0 Å². The lowest BCUT2D eigenvalue weighted by molar-refractivity contribution is 0.0797. The minimum atomic E-state index is -0.180. The number of benzene rings is 1. The molecule has 1 aliphatic heterocycles. The fraction of sp³-hybridized carbons (Fsp3) is 0.250. The van der Waals surface area contributed by atoms with E-state index in [2.05, 4.69) is 9.98 Å². The summed E-state index contributed by atoms with van der Waals surface area (Å²) in [6.07, 6.45) is 0. The van der Waals surface area contributed by atoms with Crippen LogP contribution >= 0.6 is 0 Å². The van der Waals surface area contributed by atoms with Crippen LogP contribution in [0.15, 0.2) is 28.2 Å². The maximum atomic E-state index is 12.2. The maximum Gasteiger partial charge on any atom is 0.257 e. The molecular weight excluding hydrogens is 260 g/mol. The molecule has 0 spiro atoms. The first-order valence-corrected chi connectivity index (χ1v) is 5.93. The van der Waals surface area contributed by atoms with Crippen molar-refractivity contribution in [1.82, 2.24) is 4.90 Å². The normalized spacial score (nSPS) is 15.2. The van der Waals surface area contributed by atoms with E-state index in [1.165, 1.54) is 0 Å². The molecule has 0 aliphatic carbocycles. The highest BCUT2D eigenvalue weighted by Crippen LogP contribution is 2.27. The lowest BCUT2D eigenvalue weighted by Gasteiger charge is -2.12. The quantitative estimate of drug-likeness (QED) is 0.464. The Balaban J connectivity index is 2.38. The molecule has 0 unspecified atom stereocenters. The van der Waals surface area contributed by atoms with Crippen molar-refractivity contribution < 1.29 is 9.53 Å². The van der Waals surface area contributed by atoms with E-state index in [4.69, 9.17) is 21.9 Å². The summed E-state index contributed by atoms with van der Waals surface area (Å²) in [5.41, 5.74) is 16.9. The molecule has 8 heteroatoms. The van der Waals surface area contributed by atoms with Crippen LogP contribution in [-0.2, 0) is 0 Å². The Kier molecular flexibility index (Phi) is 3.74. The summed E-state index contributed by atoms with van der Waals surface area (Å²) >= 11 is 0. The summed E-state index contributed by atoms with van der Waals surface area (Å²) in [5, 5.41) is 0. The van der Waals surface area contributed by atoms with Gasteiger partial charge in [-0.15, -0.1) is 0 Å².